The Morgan fingerprint density at radius 3 is 2.67 bits per heavy atom. The molecule has 0 amide bonds. The molecule has 0 aliphatic rings. The third kappa shape index (κ3) is 5.58. The highest BCUT2D eigenvalue weighted by Crippen LogP contribution is 2.23. The fourth-order valence-corrected chi connectivity index (χ4v) is 2.28. The molecule has 5 heteroatoms. The van der Waals surface area contributed by atoms with Gasteiger partial charge in [0.2, 0.25) is 0 Å². The largest absolute Gasteiger partial charge is 0.492 e. The van der Waals surface area contributed by atoms with Crippen LogP contribution in [-0.2, 0) is 6.54 Å². The maximum absolute atomic E-state index is 5.90. The first kappa shape index (κ1) is 18.4. The number of nitrogens with zero attached hydrogens (tertiary/aromatic N) is 1. The molecule has 0 aliphatic carbocycles. The monoisotopic (exact) mass is 332 g/mol. The molecular formula is C19H28N2O3. The average Bonchev–Trinajstić information content (AvgIpc) is 3.02. The van der Waals surface area contributed by atoms with E-state index in [2.05, 4.69) is 23.2 Å². The molecule has 0 bridgehead atoms. The number of para-hydroxylation sites is 1. The highest BCUT2D eigenvalue weighted by atomic mass is 16.6. The molecule has 1 aromatic heterocycles. The first-order valence-electron chi connectivity index (χ1n) is 8.41. The Balaban J connectivity index is 1.90. The SMILES string of the molecule is CCOc1ccc(C(C)NCc2ccccc2OCCN(C)C)o1. The van der Waals surface area contributed by atoms with E-state index in [1.54, 1.807) is 0 Å². The number of benzene rings is 1. The molecule has 0 fully saturated rings. The third-order valence-electron chi connectivity index (χ3n) is 3.68. The van der Waals surface area contributed by atoms with Gasteiger partial charge >= 0.3 is 0 Å². The van der Waals surface area contributed by atoms with Gasteiger partial charge in [0.25, 0.3) is 5.95 Å². The van der Waals surface area contributed by atoms with Gasteiger partial charge in [-0.2, -0.15) is 0 Å². The Bertz CT molecular complexity index is 610. The van der Waals surface area contributed by atoms with Gasteiger partial charge in [0.1, 0.15) is 18.1 Å². The van der Waals surface area contributed by atoms with Crippen molar-refractivity contribution in [1.29, 1.82) is 0 Å². The first-order chi connectivity index (χ1) is 11.6. The van der Waals surface area contributed by atoms with Gasteiger partial charge in [0.05, 0.1) is 12.6 Å². The van der Waals surface area contributed by atoms with Crippen LogP contribution in [0.1, 0.15) is 31.2 Å². The molecule has 1 heterocycles. The van der Waals surface area contributed by atoms with Crippen molar-refractivity contribution in [3.8, 4) is 11.7 Å². The summed E-state index contributed by atoms with van der Waals surface area (Å²) in [6.07, 6.45) is 0. The number of furan rings is 1. The fourth-order valence-electron chi connectivity index (χ4n) is 2.28. The quantitative estimate of drug-likeness (QED) is 0.722. The molecule has 1 unspecified atom stereocenters. The topological polar surface area (TPSA) is 46.9 Å². The van der Waals surface area contributed by atoms with Crippen molar-refractivity contribution in [1.82, 2.24) is 10.2 Å². The maximum atomic E-state index is 5.90. The predicted molar refractivity (Wildman–Crippen MR) is 95.6 cm³/mol. The second-order valence-corrected chi connectivity index (χ2v) is 5.95. The standard InChI is InChI=1S/C19H28N2O3/c1-5-22-19-11-10-17(24-19)15(2)20-14-16-8-6-7-9-18(16)23-13-12-21(3)4/h6-11,15,20H,5,12-14H2,1-4H3. The molecule has 0 aliphatic heterocycles. The molecule has 0 saturated carbocycles. The number of likely N-dealkylation sites (N-methyl/N-ethyl adjacent to an activating group) is 1. The summed E-state index contributed by atoms with van der Waals surface area (Å²) in [5, 5.41) is 3.47. The summed E-state index contributed by atoms with van der Waals surface area (Å²) >= 11 is 0. The van der Waals surface area contributed by atoms with Crippen molar-refractivity contribution >= 4 is 0 Å². The van der Waals surface area contributed by atoms with E-state index in [4.69, 9.17) is 13.9 Å². The Kier molecular flexibility index (Phi) is 7.15. The van der Waals surface area contributed by atoms with Gasteiger partial charge in [0, 0.05) is 24.7 Å². The van der Waals surface area contributed by atoms with Crippen LogP contribution in [0.3, 0.4) is 0 Å². The van der Waals surface area contributed by atoms with Crippen molar-refractivity contribution in [2.24, 2.45) is 0 Å². The van der Waals surface area contributed by atoms with Gasteiger partial charge in [-0.3, -0.25) is 0 Å². The zero-order chi connectivity index (χ0) is 17.4. The van der Waals surface area contributed by atoms with Crippen molar-refractivity contribution in [2.45, 2.75) is 26.4 Å². The van der Waals surface area contributed by atoms with Gasteiger partial charge in [-0.25, -0.2) is 0 Å². The minimum absolute atomic E-state index is 0.0917. The average molecular weight is 332 g/mol. The van der Waals surface area contributed by atoms with E-state index < -0.39 is 0 Å². The summed E-state index contributed by atoms with van der Waals surface area (Å²) in [6.45, 7) is 6.90. The van der Waals surface area contributed by atoms with Crippen LogP contribution in [0, 0.1) is 0 Å². The van der Waals surface area contributed by atoms with Crippen molar-refractivity contribution in [3.05, 3.63) is 47.7 Å². The predicted octanol–water partition coefficient (Wildman–Crippen LogP) is 3.47. The second-order valence-electron chi connectivity index (χ2n) is 5.95. The molecular weight excluding hydrogens is 304 g/mol. The van der Waals surface area contributed by atoms with Gasteiger partial charge in [-0.1, -0.05) is 18.2 Å². The van der Waals surface area contributed by atoms with E-state index in [9.17, 15) is 0 Å². The molecule has 1 aromatic carbocycles. The number of rotatable bonds is 10. The minimum Gasteiger partial charge on any atom is -0.492 e. The molecule has 0 saturated heterocycles. The highest BCUT2D eigenvalue weighted by molar-refractivity contribution is 5.33. The molecule has 2 rings (SSSR count). The summed E-state index contributed by atoms with van der Waals surface area (Å²) in [7, 11) is 4.08. The smallest absolute Gasteiger partial charge is 0.284 e. The molecule has 0 spiro atoms. The van der Waals surface area contributed by atoms with Gasteiger partial charge < -0.3 is 24.1 Å². The molecule has 1 atom stereocenters. The Hall–Kier alpha value is -1.98. The van der Waals surface area contributed by atoms with Crippen LogP contribution in [0.25, 0.3) is 0 Å². The summed E-state index contributed by atoms with van der Waals surface area (Å²) < 4.78 is 16.9. The lowest BCUT2D eigenvalue weighted by Gasteiger charge is -2.16. The van der Waals surface area contributed by atoms with Gasteiger partial charge in [-0.05, 0) is 40.1 Å². The third-order valence-corrected chi connectivity index (χ3v) is 3.68. The normalized spacial score (nSPS) is 12.4. The number of nitrogens with one attached hydrogen (secondary N) is 1. The van der Waals surface area contributed by atoms with Crippen LogP contribution in [0.5, 0.6) is 11.7 Å². The van der Waals surface area contributed by atoms with E-state index in [-0.39, 0.29) is 6.04 Å². The van der Waals surface area contributed by atoms with E-state index >= 15 is 0 Å². The summed E-state index contributed by atoms with van der Waals surface area (Å²) in [6, 6.07) is 12.0. The summed E-state index contributed by atoms with van der Waals surface area (Å²) in [5.41, 5.74) is 1.14. The number of ether oxygens (including phenoxy) is 2. The van der Waals surface area contributed by atoms with Crippen LogP contribution in [0.15, 0.2) is 40.8 Å². The summed E-state index contributed by atoms with van der Waals surface area (Å²) in [4.78, 5) is 2.11. The molecule has 0 radical (unpaired) electrons. The van der Waals surface area contributed by atoms with E-state index in [0.29, 0.717) is 25.7 Å². The van der Waals surface area contributed by atoms with E-state index in [1.807, 2.05) is 51.4 Å². The lowest BCUT2D eigenvalue weighted by atomic mass is 10.1. The van der Waals surface area contributed by atoms with Crippen LogP contribution < -0.4 is 14.8 Å². The lowest BCUT2D eigenvalue weighted by molar-refractivity contribution is 0.243. The minimum atomic E-state index is 0.0917. The van der Waals surface area contributed by atoms with Gasteiger partial charge in [-0.15, -0.1) is 0 Å². The molecule has 132 valence electrons. The van der Waals surface area contributed by atoms with Crippen LogP contribution in [0.4, 0.5) is 0 Å². The number of hydrogen-bond donors (Lipinski definition) is 1. The van der Waals surface area contributed by atoms with Crippen LogP contribution in [-0.4, -0.2) is 38.8 Å². The molecule has 2 aromatic rings. The summed E-state index contributed by atoms with van der Waals surface area (Å²) in [5.74, 6) is 2.35. The Labute approximate surface area is 144 Å². The van der Waals surface area contributed by atoms with Crippen LogP contribution >= 0.6 is 0 Å². The van der Waals surface area contributed by atoms with Crippen molar-refractivity contribution in [2.75, 3.05) is 33.9 Å². The first-order valence-corrected chi connectivity index (χ1v) is 8.41. The maximum Gasteiger partial charge on any atom is 0.284 e. The number of hydrogen-bond acceptors (Lipinski definition) is 5. The molecule has 1 N–H and O–H groups in total. The van der Waals surface area contributed by atoms with Gasteiger partial charge in [0.15, 0.2) is 0 Å². The highest BCUT2D eigenvalue weighted by Gasteiger charge is 2.12. The Morgan fingerprint density at radius 1 is 1.12 bits per heavy atom. The van der Waals surface area contributed by atoms with E-state index in [1.165, 1.54) is 0 Å². The zero-order valence-corrected chi connectivity index (χ0v) is 15.0. The van der Waals surface area contributed by atoms with E-state index in [0.717, 1.165) is 23.6 Å². The lowest BCUT2D eigenvalue weighted by Crippen LogP contribution is -2.21. The molecule has 5 nitrogen and oxygen atoms in total. The van der Waals surface area contributed by atoms with Crippen molar-refractivity contribution < 1.29 is 13.9 Å². The van der Waals surface area contributed by atoms with Crippen LogP contribution in [0.2, 0.25) is 0 Å². The zero-order valence-electron chi connectivity index (χ0n) is 15.0. The fraction of sp³-hybridized carbons (Fsp3) is 0.474. The Morgan fingerprint density at radius 2 is 1.92 bits per heavy atom. The van der Waals surface area contributed by atoms with Crippen molar-refractivity contribution in [3.63, 3.8) is 0 Å². The second kappa shape index (κ2) is 9.35. The molecule has 24 heavy (non-hydrogen) atoms.